The summed E-state index contributed by atoms with van der Waals surface area (Å²) in [4.78, 5) is 33.3. The molecule has 1 fully saturated rings. The Bertz CT molecular complexity index is 1370. The predicted molar refractivity (Wildman–Crippen MR) is 144 cm³/mol. The maximum absolute atomic E-state index is 11.4. The zero-order chi connectivity index (χ0) is 27.1. The number of anilines is 2. The van der Waals surface area contributed by atoms with Crippen molar-refractivity contribution in [1.82, 2.24) is 35.4 Å². The van der Waals surface area contributed by atoms with Crippen LogP contribution >= 0.6 is 0 Å². The zero-order valence-electron chi connectivity index (χ0n) is 21.8. The van der Waals surface area contributed by atoms with Crippen molar-refractivity contribution < 1.29 is 14.1 Å². The van der Waals surface area contributed by atoms with Gasteiger partial charge in [-0.15, -0.1) is 0 Å². The summed E-state index contributed by atoms with van der Waals surface area (Å²) in [6.07, 6.45) is 10.2. The number of nitrogens with zero attached hydrogens (tertiary/aromatic N) is 6. The highest BCUT2D eigenvalue weighted by Crippen LogP contribution is 2.48. The predicted octanol–water partition coefficient (Wildman–Crippen LogP) is 2.99. The van der Waals surface area contributed by atoms with Gasteiger partial charge in [0, 0.05) is 50.0 Å². The number of aromatic nitrogens is 6. The average Bonchev–Trinajstić information content (AvgIpc) is 3.42. The number of carbonyl (C=O) groups is 1. The first-order valence-corrected chi connectivity index (χ1v) is 13.0. The average molecular weight is 530 g/mol. The van der Waals surface area contributed by atoms with Gasteiger partial charge in [-0.2, -0.15) is 4.98 Å². The van der Waals surface area contributed by atoms with E-state index in [0.29, 0.717) is 44.4 Å². The standard InChI is InChI=1S/C27H31N9O3/c1-2-38-23(37)8-11-29-12-13-30-22-7-4-18(14-32-22)24-35-25(36-39-24)27(9-3-10-27)20-5-6-21(31-17-20)19-15-33-26(28)34-16-19/h4-7,14-17,29H,2-3,8-13H2,1H3,(H,30,32)(H2,28,33,34). The summed E-state index contributed by atoms with van der Waals surface area (Å²) in [7, 11) is 0. The van der Waals surface area contributed by atoms with E-state index in [0.717, 1.165) is 47.5 Å². The smallest absolute Gasteiger partial charge is 0.307 e. The Labute approximate surface area is 225 Å². The quantitative estimate of drug-likeness (QED) is 0.182. The van der Waals surface area contributed by atoms with E-state index in [1.807, 2.05) is 24.4 Å². The molecule has 202 valence electrons. The Morgan fingerprint density at radius 3 is 2.49 bits per heavy atom. The number of carbonyl (C=O) groups excluding carboxylic acids is 1. The van der Waals surface area contributed by atoms with E-state index >= 15 is 0 Å². The van der Waals surface area contributed by atoms with Crippen LogP contribution in [0.4, 0.5) is 11.8 Å². The third kappa shape index (κ3) is 6.01. The summed E-state index contributed by atoms with van der Waals surface area (Å²) < 4.78 is 10.6. The van der Waals surface area contributed by atoms with Crippen LogP contribution in [0, 0.1) is 0 Å². The molecule has 4 aromatic rings. The normalized spacial score (nSPS) is 14.0. The van der Waals surface area contributed by atoms with Crippen molar-refractivity contribution in [3.8, 4) is 22.7 Å². The number of ether oxygens (including phenoxy) is 1. The molecule has 39 heavy (non-hydrogen) atoms. The Kier molecular flexibility index (Phi) is 8.02. The number of hydrogen-bond acceptors (Lipinski definition) is 12. The second-order valence-electron chi connectivity index (χ2n) is 9.28. The van der Waals surface area contributed by atoms with Crippen molar-refractivity contribution in [2.45, 2.75) is 38.0 Å². The first-order valence-electron chi connectivity index (χ1n) is 13.0. The van der Waals surface area contributed by atoms with Gasteiger partial charge in [-0.05, 0) is 43.5 Å². The highest BCUT2D eigenvalue weighted by atomic mass is 16.5. The first-order chi connectivity index (χ1) is 19.1. The van der Waals surface area contributed by atoms with Crippen LogP contribution in [0.15, 0.2) is 53.6 Å². The third-order valence-corrected chi connectivity index (χ3v) is 6.77. The van der Waals surface area contributed by atoms with Crippen LogP contribution < -0.4 is 16.4 Å². The molecule has 0 bridgehead atoms. The van der Waals surface area contributed by atoms with Crippen LogP contribution in [-0.4, -0.2) is 62.3 Å². The molecule has 4 N–H and O–H groups in total. The number of nitrogens with two attached hydrogens (primary N) is 1. The highest BCUT2D eigenvalue weighted by Gasteiger charge is 2.45. The van der Waals surface area contributed by atoms with E-state index < -0.39 is 0 Å². The van der Waals surface area contributed by atoms with Crippen LogP contribution in [0.1, 0.15) is 44.0 Å². The van der Waals surface area contributed by atoms with Gasteiger partial charge >= 0.3 is 5.97 Å². The maximum atomic E-state index is 11.4. The van der Waals surface area contributed by atoms with Crippen LogP contribution in [0.3, 0.4) is 0 Å². The van der Waals surface area contributed by atoms with Crippen molar-refractivity contribution >= 4 is 17.7 Å². The van der Waals surface area contributed by atoms with Crippen LogP contribution in [0.25, 0.3) is 22.7 Å². The summed E-state index contributed by atoms with van der Waals surface area (Å²) in [5, 5.41) is 10.8. The first kappa shape index (κ1) is 26.2. The van der Waals surface area contributed by atoms with Gasteiger partial charge in [-0.25, -0.2) is 15.0 Å². The van der Waals surface area contributed by atoms with Gasteiger partial charge in [-0.1, -0.05) is 17.6 Å². The minimum Gasteiger partial charge on any atom is -0.466 e. The molecule has 4 aromatic heterocycles. The molecule has 0 amide bonds. The minimum atomic E-state index is -0.319. The van der Waals surface area contributed by atoms with Gasteiger partial charge in [0.15, 0.2) is 5.82 Å². The SMILES string of the molecule is CCOC(=O)CCNCCNc1ccc(-c2nc(C3(c4ccc(-c5cnc(N)nc5)nc4)CCC3)no2)cn1. The van der Waals surface area contributed by atoms with Crippen molar-refractivity contribution in [3.63, 3.8) is 0 Å². The molecule has 0 aromatic carbocycles. The molecule has 5 rings (SSSR count). The van der Waals surface area contributed by atoms with Crippen molar-refractivity contribution in [1.29, 1.82) is 0 Å². The fourth-order valence-electron chi connectivity index (χ4n) is 4.48. The molecule has 12 nitrogen and oxygen atoms in total. The van der Waals surface area contributed by atoms with E-state index in [2.05, 4.69) is 41.8 Å². The molecule has 0 radical (unpaired) electrons. The number of pyridine rings is 2. The number of esters is 1. The minimum absolute atomic E-state index is 0.192. The number of rotatable bonds is 12. The second kappa shape index (κ2) is 11.9. The summed E-state index contributed by atoms with van der Waals surface area (Å²) in [5.74, 6) is 1.86. The van der Waals surface area contributed by atoms with E-state index in [-0.39, 0.29) is 17.3 Å². The molecule has 0 saturated heterocycles. The largest absolute Gasteiger partial charge is 0.466 e. The van der Waals surface area contributed by atoms with E-state index in [1.165, 1.54) is 0 Å². The Morgan fingerprint density at radius 2 is 1.82 bits per heavy atom. The topological polar surface area (TPSA) is 167 Å². The van der Waals surface area contributed by atoms with Crippen molar-refractivity contribution in [2.24, 2.45) is 0 Å². The second-order valence-corrected chi connectivity index (χ2v) is 9.28. The lowest BCUT2D eigenvalue weighted by molar-refractivity contribution is -0.142. The van der Waals surface area contributed by atoms with Crippen molar-refractivity contribution in [3.05, 3.63) is 60.4 Å². The summed E-state index contributed by atoms with van der Waals surface area (Å²) in [5.41, 5.74) is 8.64. The molecular formula is C27H31N9O3. The van der Waals surface area contributed by atoms with Crippen molar-refractivity contribution in [2.75, 3.05) is 37.3 Å². The molecule has 1 saturated carbocycles. The molecule has 1 aliphatic carbocycles. The van der Waals surface area contributed by atoms with Gasteiger partial charge in [-0.3, -0.25) is 9.78 Å². The van der Waals surface area contributed by atoms with Crippen LogP contribution in [0.2, 0.25) is 0 Å². The molecule has 0 atom stereocenters. The van der Waals surface area contributed by atoms with Gasteiger partial charge < -0.3 is 25.6 Å². The number of nitrogen functional groups attached to an aromatic ring is 1. The fourth-order valence-corrected chi connectivity index (χ4v) is 4.48. The summed E-state index contributed by atoms with van der Waals surface area (Å²) in [6.45, 7) is 4.14. The Morgan fingerprint density at radius 1 is 1.00 bits per heavy atom. The van der Waals surface area contributed by atoms with Gasteiger partial charge in [0.05, 0.1) is 29.7 Å². The molecule has 0 unspecified atom stereocenters. The van der Waals surface area contributed by atoms with Crippen LogP contribution in [-0.2, 0) is 14.9 Å². The lowest BCUT2D eigenvalue weighted by Crippen LogP contribution is -2.36. The maximum Gasteiger partial charge on any atom is 0.307 e. The summed E-state index contributed by atoms with van der Waals surface area (Å²) >= 11 is 0. The molecule has 1 aliphatic rings. The van der Waals surface area contributed by atoms with Gasteiger partial charge in [0.2, 0.25) is 5.95 Å². The molecule has 4 heterocycles. The molecule has 0 aliphatic heterocycles. The van der Waals surface area contributed by atoms with Gasteiger partial charge in [0.25, 0.3) is 5.89 Å². The third-order valence-electron chi connectivity index (χ3n) is 6.77. The lowest BCUT2D eigenvalue weighted by atomic mass is 9.64. The Hall–Kier alpha value is -4.45. The highest BCUT2D eigenvalue weighted by molar-refractivity contribution is 5.69. The van der Waals surface area contributed by atoms with E-state index in [9.17, 15) is 4.79 Å². The molecular weight excluding hydrogens is 498 g/mol. The fraction of sp³-hybridized carbons (Fsp3) is 0.370. The van der Waals surface area contributed by atoms with Crippen LogP contribution in [0.5, 0.6) is 0 Å². The van der Waals surface area contributed by atoms with E-state index in [4.69, 9.17) is 20.0 Å². The zero-order valence-corrected chi connectivity index (χ0v) is 21.8. The number of nitrogens with one attached hydrogen (secondary N) is 2. The molecule has 12 heteroatoms. The summed E-state index contributed by atoms with van der Waals surface area (Å²) in [6, 6.07) is 7.79. The Balaban J connectivity index is 1.19. The molecule has 0 spiro atoms. The monoisotopic (exact) mass is 529 g/mol. The number of hydrogen-bond donors (Lipinski definition) is 3. The van der Waals surface area contributed by atoms with Gasteiger partial charge in [0.1, 0.15) is 5.82 Å². The van der Waals surface area contributed by atoms with E-state index in [1.54, 1.807) is 25.5 Å². The lowest BCUT2D eigenvalue weighted by Gasteiger charge is -2.39.